The first kappa shape index (κ1) is 24.7. The van der Waals surface area contributed by atoms with Gasteiger partial charge >= 0.3 is 0 Å². The van der Waals surface area contributed by atoms with Gasteiger partial charge in [0, 0.05) is 28.7 Å². The molecule has 202 valence electrons. The summed E-state index contributed by atoms with van der Waals surface area (Å²) in [6.07, 6.45) is -0.787. The van der Waals surface area contributed by atoms with Gasteiger partial charge in [-0.3, -0.25) is 0 Å². The Morgan fingerprint density at radius 2 is 1.68 bits per heavy atom. The highest BCUT2D eigenvalue weighted by Gasteiger charge is 2.77. The molecule has 1 aromatic rings. The van der Waals surface area contributed by atoms with E-state index in [2.05, 4.69) is 20.8 Å². The van der Waals surface area contributed by atoms with Crippen molar-refractivity contribution in [2.24, 2.45) is 16.7 Å². The van der Waals surface area contributed by atoms with Crippen molar-refractivity contribution in [1.29, 1.82) is 0 Å². The van der Waals surface area contributed by atoms with Crippen molar-refractivity contribution in [3.63, 3.8) is 0 Å². The lowest BCUT2D eigenvalue weighted by Gasteiger charge is -2.66. The summed E-state index contributed by atoms with van der Waals surface area (Å²) in [5.74, 6) is -1.14. The normalized spacial score (nSPS) is 51.2. The lowest BCUT2D eigenvalue weighted by Crippen LogP contribution is -2.78. The van der Waals surface area contributed by atoms with Crippen molar-refractivity contribution < 1.29 is 33.9 Å². The fraction of sp³-hybridized carbons (Fsp3) is 0.733. The molecule has 10 atom stereocenters. The van der Waals surface area contributed by atoms with E-state index in [4.69, 9.17) is 23.7 Å². The van der Waals surface area contributed by atoms with Crippen LogP contribution in [0.1, 0.15) is 72.7 Å². The largest absolute Gasteiger partial charge is 0.389 e. The van der Waals surface area contributed by atoms with Gasteiger partial charge in [0.2, 0.25) is 0 Å². The fourth-order valence-electron chi connectivity index (χ4n) is 9.02. The minimum absolute atomic E-state index is 0.247. The Morgan fingerprint density at radius 1 is 0.946 bits per heavy atom. The van der Waals surface area contributed by atoms with Crippen LogP contribution in [0.4, 0.5) is 0 Å². The number of aliphatic hydroxyl groups excluding tert-OH is 1. The minimum Gasteiger partial charge on any atom is -0.389 e. The molecule has 5 fully saturated rings. The topological polar surface area (TPSA) is 86.6 Å². The molecule has 3 saturated heterocycles. The lowest BCUT2D eigenvalue weighted by molar-refractivity contribution is -0.334. The monoisotopic (exact) mass is 512 g/mol. The predicted octanol–water partition coefficient (Wildman–Crippen LogP) is 4.03. The number of aliphatic hydroxyl groups is 2. The zero-order valence-electron chi connectivity index (χ0n) is 22.7. The van der Waals surface area contributed by atoms with Gasteiger partial charge in [-0.1, -0.05) is 51.1 Å². The van der Waals surface area contributed by atoms with Crippen LogP contribution in [-0.4, -0.2) is 64.3 Å². The summed E-state index contributed by atoms with van der Waals surface area (Å²) in [4.78, 5) is 0. The van der Waals surface area contributed by atoms with E-state index in [0.29, 0.717) is 6.42 Å². The number of rotatable bonds is 1. The molecule has 0 aromatic heterocycles. The van der Waals surface area contributed by atoms with E-state index in [1.54, 1.807) is 0 Å². The highest BCUT2D eigenvalue weighted by Crippen LogP contribution is 2.69. The molecule has 2 N–H and O–H groups in total. The average Bonchev–Trinajstić information content (AvgIpc) is 3.35. The molecule has 7 rings (SSSR count). The molecule has 1 aromatic carbocycles. The second-order valence-corrected chi connectivity index (χ2v) is 13.5. The number of hydrogen-bond acceptors (Lipinski definition) is 7. The van der Waals surface area contributed by atoms with Crippen molar-refractivity contribution in [3.05, 3.63) is 47.0 Å². The first-order valence-corrected chi connectivity index (χ1v) is 13.8. The highest BCUT2D eigenvalue weighted by atomic mass is 16.8. The first-order chi connectivity index (χ1) is 17.3. The molecule has 3 heterocycles. The summed E-state index contributed by atoms with van der Waals surface area (Å²) < 4.78 is 33.4. The van der Waals surface area contributed by atoms with Crippen LogP contribution in [0.3, 0.4) is 0 Å². The van der Waals surface area contributed by atoms with Crippen molar-refractivity contribution in [1.82, 2.24) is 0 Å². The number of fused-ring (bicyclic) bond motifs is 8. The summed E-state index contributed by atoms with van der Waals surface area (Å²) in [6.45, 7) is 12.8. The molecular weight excluding hydrogens is 472 g/mol. The van der Waals surface area contributed by atoms with Gasteiger partial charge in [0.25, 0.3) is 0 Å². The van der Waals surface area contributed by atoms with E-state index in [0.717, 1.165) is 29.6 Å². The van der Waals surface area contributed by atoms with Gasteiger partial charge in [0.1, 0.15) is 17.3 Å². The second kappa shape index (κ2) is 7.45. The molecule has 2 saturated carbocycles. The maximum absolute atomic E-state index is 12.3. The molecule has 37 heavy (non-hydrogen) atoms. The molecule has 1 spiro atoms. The van der Waals surface area contributed by atoms with E-state index in [1.165, 1.54) is 0 Å². The van der Waals surface area contributed by atoms with Gasteiger partial charge in [-0.15, -0.1) is 0 Å². The number of hydrogen-bond donors (Lipinski definition) is 2. The minimum atomic E-state index is -1.07. The Balaban J connectivity index is 1.49. The van der Waals surface area contributed by atoms with Crippen LogP contribution in [-0.2, 0) is 23.7 Å². The van der Waals surface area contributed by atoms with Crippen molar-refractivity contribution in [2.75, 3.05) is 6.61 Å². The lowest BCUT2D eigenvalue weighted by atomic mass is 9.45. The molecular formula is C30H40O7. The van der Waals surface area contributed by atoms with Crippen LogP contribution >= 0.6 is 0 Å². The van der Waals surface area contributed by atoms with Crippen LogP contribution in [0.25, 0.3) is 0 Å². The number of benzene rings is 1. The fourth-order valence-corrected chi connectivity index (χ4v) is 9.02. The van der Waals surface area contributed by atoms with E-state index < -0.39 is 46.3 Å². The summed E-state index contributed by atoms with van der Waals surface area (Å²) in [7, 11) is 0. The van der Waals surface area contributed by atoms with Gasteiger partial charge in [0.15, 0.2) is 12.1 Å². The smallest absolute Gasteiger partial charge is 0.185 e. The SMILES string of the molecule is CC1=C2[C@H]3OC(C)(C)O[C@@H]3[C@]3(C)CC[C@H]4OC[C@@]4(O)[C@H]3[C@@H]3OC(c4ccccc4)O[C@@]3(C[C@@H]1O)C2(C)C. The van der Waals surface area contributed by atoms with Crippen LogP contribution in [0, 0.1) is 16.7 Å². The zero-order chi connectivity index (χ0) is 26.2. The van der Waals surface area contributed by atoms with Crippen molar-refractivity contribution in [2.45, 2.75) is 115 Å². The summed E-state index contributed by atoms with van der Waals surface area (Å²) in [5, 5.41) is 23.9. The maximum Gasteiger partial charge on any atom is 0.185 e. The van der Waals surface area contributed by atoms with Crippen LogP contribution in [0.15, 0.2) is 41.5 Å². The Labute approximate surface area is 219 Å². The maximum atomic E-state index is 12.3. The van der Waals surface area contributed by atoms with E-state index in [-0.39, 0.29) is 30.8 Å². The summed E-state index contributed by atoms with van der Waals surface area (Å²) >= 11 is 0. The predicted molar refractivity (Wildman–Crippen MR) is 134 cm³/mol. The Kier molecular flexibility index (Phi) is 4.97. The van der Waals surface area contributed by atoms with E-state index in [1.807, 2.05) is 51.1 Å². The van der Waals surface area contributed by atoms with E-state index >= 15 is 0 Å². The van der Waals surface area contributed by atoms with Crippen molar-refractivity contribution in [3.8, 4) is 0 Å². The quantitative estimate of drug-likeness (QED) is 0.550. The molecule has 6 aliphatic rings. The first-order valence-electron chi connectivity index (χ1n) is 13.8. The zero-order valence-corrected chi connectivity index (χ0v) is 22.7. The molecule has 7 nitrogen and oxygen atoms in total. The molecule has 1 unspecified atom stereocenters. The van der Waals surface area contributed by atoms with Crippen LogP contribution in [0.2, 0.25) is 0 Å². The third-order valence-corrected chi connectivity index (χ3v) is 10.9. The Bertz CT molecular complexity index is 1150. The highest BCUT2D eigenvalue weighted by molar-refractivity contribution is 5.41. The Morgan fingerprint density at radius 3 is 2.35 bits per heavy atom. The van der Waals surface area contributed by atoms with Crippen molar-refractivity contribution >= 4 is 0 Å². The summed E-state index contributed by atoms with van der Waals surface area (Å²) in [5.41, 5.74) is -0.0883. The van der Waals surface area contributed by atoms with Gasteiger partial charge in [-0.2, -0.15) is 0 Å². The molecule has 0 amide bonds. The third kappa shape index (κ3) is 2.97. The standard InChI is InChI=1S/C30H40O7/c1-16-18(31)14-30-24(34-25(37-30)17-10-8-7-9-11-17)22-28(6,13-12-19-29(22,32)15-33-19)23-21(20(16)26(30,2)3)35-27(4,5)36-23/h7-11,18-19,21-25,31-32H,12-15H2,1-6H3/t18-,19+,21+,22-,23-,24-,25?,28+,29-,30+/m0/s1. The molecule has 7 heteroatoms. The number of ether oxygens (including phenoxy) is 5. The van der Waals surface area contributed by atoms with Crippen LogP contribution < -0.4 is 0 Å². The molecule has 3 aliphatic carbocycles. The molecule has 3 aliphatic heterocycles. The van der Waals surface area contributed by atoms with Crippen LogP contribution in [0.5, 0.6) is 0 Å². The van der Waals surface area contributed by atoms with E-state index in [9.17, 15) is 10.2 Å². The molecule has 2 bridgehead atoms. The van der Waals surface area contributed by atoms with Gasteiger partial charge < -0.3 is 33.9 Å². The summed E-state index contributed by atoms with van der Waals surface area (Å²) in [6, 6.07) is 9.98. The third-order valence-electron chi connectivity index (χ3n) is 10.9. The molecule has 0 radical (unpaired) electrons. The Hall–Kier alpha value is -1.32. The van der Waals surface area contributed by atoms with Gasteiger partial charge in [-0.25, -0.2) is 0 Å². The average molecular weight is 513 g/mol. The second-order valence-electron chi connectivity index (χ2n) is 13.5. The van der Waals surface area contributed by atoms with Gasteiger partial charge in [0.05, 0.1) is 31.0 Å². The van der Waals surface area contributed by atoms with Gasteiger partial charge in [-0.05, 0) is 44.8 Å².